The van der Waals surface area contributed by atoms with Crippen LogP contribution < -0.4 is 9.44 Å². The van der Waals surface area contributed by atoms with Crippen LogP contribution in [0.25, 0.3) is 0 Å². The van der Waals surface area contributed by atoms with Gasteiger partial charge in [-0.05, 0) is 19.2 Å². The number of sulfonamides is 2. The lowest BCUT2D eigenvalue weighted by Crippen LogP contribution is -2.21. The summed E-state index contributed by atoms with van der Waals surface area (Å²) in [6, 6.07) is 5.75. The van der Waals surface area contributed by atoms with Crippen molar-refractivity contribution < 1.29 is 16.8 Å². The third-order valence-corrected chi connectivity index (χ3v) is 3.80. The molecule has 0 aliphatic heterocycles. The Morgan fingerprint density at radius 3 is 2.12 bits per heavy atom. The number of nitrogens with one attached hydrogen (secondary N) is 2. The maximum atomic E-state index is 11.6. The van der Waals surface area contributed by atoms with Crippen molar-refractivity contribution >= 4 is 25.7 Å². The van der Waals surface area contributed by atoms with E-state index in [1.54, 1.807) is 6.07 Å². The van der Waals surface area contributed by atoms with E-state index in [1.165, 1.54) is 25.2 Å². The zero-order chi connectivity index (χ0) is 12.4. The molecule has 0 heterocycles. The van der Waals surface area contributed by atoms with Crippen LogP contribution in [0.3, 0.4) is 0 Å². The van der Waals surface area contributed by atoms with E-state index >= 15 is 0 Å². The molecular formula is C8H12N2O4S2. The lowest BCUT2D eigenvalue weighted by Gasteiger charge is -2.09. The predicted octanol–water partition coefficient (Wildman–Crippen LogP) is -0.0338. The number of rotatable bonds is 4. The molecule has 2 N–H and O–H groups in total. The van der Waals surface area contributed by atoms with Crippen LogP contribution in [-0.2, 0) is 20.0 Å². The second kappa shape index (κ2) is 4.40. The molecule has 90 valence electrons. The van der Waals surface area contributed by atoms with Gasteiger partial charge in [0.2, 0.25) is 20.0 Å². The molecule has 8 heteroatoms. The molecule has 16 heavy (non-hydrogen) atoms. The number of hydrogen-bond acceptors (Lipinski definition) is 4. The van der Waals surface area contributed by atoms with Gasteiger partial charge in [-0.25, -0.2) is 21.6 Å². The summed E-state index contributed by atoms with van der Waals surface area (Å²) in [6.07, 6.45) is 0.954. The summed E-state index contributed by atoms with van der Waals surface area (Å²) in [5.74, 6) is 0. The first-order valence-electron chi connectivity index (χ1n) is 4.26. The highest BCUT2D eigenvalue weighted by Gasteiger charge is 2.17. The van der Waals surface area contributed by atoms with Gasteiger partial charge in [0.05, 0.1) is 11.9 Å². The summed E-state index contributed by atoms with van der Waals surface area (Å²) in [5.41, 5.74) is 0.0272. The minimum Gasteiger partial charge on any atom is -0.282 e. The molecule has 0 aliphatic carbocycles. The number of benzene rings is 1. The fourth-order valence-corrected chi connectivity index (χ4v) is 2.62. The molecule has 0 aliphatic rings. The molecule has 0 saturated heterocycles. The average molecular weight is 264 g/mol. The lowest BCUT2D eigenvalue weighted by atomic mass is 10.3. The number of anilines is 1. The van der Waals surface area contributed by atoms with Crippen molar-refractivity contribution in [3.63, 3.8) is 0 Å². The van der Waals surface area contributed by atoms with Crippen molar-refractivity contribution in [3.8, 4) is 0 Å². The minimum atomic E-state index is -3.68. The predicted molar refractivity (Wildman–Crippen MR) is 61.2 cm³/mol. The van der Waals surface area contributed by atoms with E-state index in [0.717, 1.165) is 6.26 Å². The van der Waals surface area contributed by atoms with Crippen molar-refractivity contribution in [2.45, 2.75) is 4.90 Å². The molecular weight excluding hydrogens is 252 g/mol. The first-order valence-corrected chi connectivity index (χ1v) is 7.64. The Bertz CT molecular complexity index is 578. The van der Waals surface area contributed by atoms with Gasteiger partial charge < -0.3 is 0 Å². The molecule has 0 saturated carbocycles. The maximum Gasteiger partial charge on any atom is 0.242 e. The molecule has 1 aromatic rings. The first kappa shape index (κ1) is 12.9. The van der Waals surface area contributed by atoms with Crippen LogP contribution >= 0.6 is 0 Å². The van der Waals surface area contributed by atoms with Gasteiger partial charge in [0, 0.05) is 0 Å². The maximum absolute atomic E-state index is 11.6. The minimum absolute atomic E-state index is 0.0272. The van der Waals surface area contributed by atoms with E-state index in [-0.39, 0.29) is 10.6 Å². The lowest BCUT2D eigenvalue weighted by molar-refractivity contribution is 0.588. The van der Waals surface area contributed by atoms with Crippen LogP contribution in [0, 0.1) is 0 Å². The Hall–Kier alpha value is -1.12. The summed E-state index contributed by atoms with van der Waals surface area (Å²) in [4.78, 5) is -0.108. The topological polar surface area (TPSA) is 92.3 Å². The largest absolute Gasteiger partial charge is 0.282 e. The van der Waals surface area contributed by atoms with Gasteiger partial charge >= 0.3 is 0 Å². The van der Waals surface area contributed by atoms with Crippen LogP contribution in [0.15, 0.2) is 29.2 Å². The van der Waals surface area contributed by atoms with E-state index < -0.39 is 20.0 Å². The molecule has 0 atom stereocenters. The zero-order valence-corrected chi connectivity index (χ0v) is 10.4. The average Bonchev–Trinajstić information content (AvgIpc) is 2.16. The number of para-hydroxylation sites is 1. The zero-order valence-electron chi connectivity index (χ0n) is 8.76. The van der Waals surface area contributed by atoms with Gasteiger partial charge in [-0.15, -0.1) is 0 Å². The Morgan fingerprint density at radius 1 is 1.06 bits per heavy atom. The van der Waals surface area contributed by atoms with Gasteiger partial charge in [0.25, 0.3) is 0 Å². The van der Waals surface area contributed by atoms with Crippen molar-refractivity contribution in [2.24, 2.45) is 0 Å². The highest BCUT2D eigenvalue weighted by molar-refractivity contribution is 7.92. The van der Waals surface area contributed by atoms with E-state index in [1.807, 2.05) is 0 Å². The van der Waals surface area contributed by atoms with Gasteiger partial charge in [-0.2, -0.15) is 0 Å². The molecule has 1 rings (SSSR count). The summed E-state index contributed by atoms with van der Waals surface area (Å²) in [5, 5.41) is 0. The quantitative estimate of drug-likeness (QED) is 0.798. The van der Waals surface area contributed by atoms with E-state index in [2.05, 4.69) is 9.44 Å². The summed E-state index contributed by atoms with van der Waals surface area (Å²) in [7, 11) is -5.93. The fourth-order valence-electron chi connectivity index (χ4n) is 1.09. The van der Waals surface area contributed by atoms with E-state index in [4.69, 9.17) is 0 Å². The van der Waals surface area contributed by atoms with E-state index in [0.29, 0.717) is 0 Å². The highest BCUT2D eigenvalue weighted by atomic mass is 32.2. The molecule has 0 aromatic heterocycles. The van der Waals surface area contributed by atoms with E-state index in [9.17, 15) is 16.8 Å². The molecule has 0 spiro atoms. The number of hydrogen-bond donors (Lipinski definition) is 2. The van der Waals surface area contributed by atoms with Gasteiger partial charge in [-0.3, -0.25) is 4.72 Å². The van der Waals surface area contributed by atoms with Gasteiger partial charge in [0.15, 0.2) is 0 Å². The van der Waals surface area contributed by atoms with Crippen molar-refractivity contribution in [3.05, 3.63) is 24.3 Å². The van der Waals surface area contributed by atoms with Crippen LogP contribution in [0.5, 0.6) is 0 Å². The Kier molecular flexibility index (Phi) is 3.56. The molecule has 0 fully saturated rings. The fraction of sp³-hybridized carbons (Fsp3) is 0.250. The molecule has 6 nitrogen and oxygen atoms in total. The van der Waals surface area contributed by atoms with Crippen molar-refractivity contribution in [2.75, 3.05) is 18.0 Å². The van der Waals surface area contributed by atoms with Gasteiger partial charge in [-0.1, -0.05) is 12.1 Å². The van der Waals surface area contributed by atoms with Crippen LogP contribution in [0.1, 0.15) is 0 Å². The second-order valence-electron chi connectivity index (χ2n) is 3.08. The molecule has 0 radical (unpaired) electrons. The smallest absolute Gasteiger partial charge is 0.242 e. The molecule has 0 bridgehead atoms. The highest BCUT2D eigenvalue weighted by Crippen LogP contribution is 2.20. The molecule has 0 amide bonds. The third kappa shape index (κ3) is 3.19. The molecule has 0 unspecified atom stereocenters. The standard InChI is InChI=1S/C8H12N2O4S2/c1-9-16(13,14)8-6-4-3-5-7(8)10-15(2,11)12/h3-6,9-10H,1-2H3. The Labute approximate surface area is 94.8 Å². The monoisotopic (exact) mass is 264 g/mol. The summed E-state index contributed by atoms with van der Waals surface area (Å²) < 4.78 is 49.5. The van der Waals surface area contributed by atoms with Crippen molar-refractivity contribution in [1.82, 2.24) is 4.72 Å². The Morgan fingerprint density at radius 2 is 1.62 bits per heavy atom. The van der Waals surface area contributed by atoms with Crippen LogP contribution in [0.2, 0.25) is 0 Å². The van der Waals surface area contributed by atoms with Crippen molar-refractivity contribution in [1.29, 1.82) is 0 Å². The van der Waals surface area contributed by atoms with Gasteiger partial charge in [0.1, 0.15) is 4.90 Å². The first-order chi connectivity index (χ1) is 7.26. The third-order valence-electron chi connectivity index (χ3n) is 1.74. The second-order valence-corrected chi connectivity index (χ2v) is 6.68. The SMILES string of the molecule is CNS(=O)(=O)c1ccccc1NS(C)(=O)=O. The summed E-state index contributed by atoms with van der Waals surface area (Å²) >= 11 is 0. The molecule has 1 aromatic carbocycles. The van der Waals surface area contributed by atoms with Crippen LogP contribution in [-0.4, -0.2) is 30.1 Å². The van der Waals surface area contributed by atoms with Crippen LogP contribution in [0.4, 0.5) is 5.69 Å². The normalized spacial score (nSPS) is 12.4. The Balaban J connectivity index is 3.32. The summed E-state index contributed by atoms with van der Waals surface area (Å²) in [6.45, 7) is 0.